The van der Waals surface area contributed by atoms with Crippen molar-refractivity contribution in [2.24, 2.45) is 5.41 Å². The minimum Gasteiger partial charge on any atom is -0.365 e. The molecule has 0 aromatic heterocycles. The average molecular weight is 347 g/mol. The molecule has 0 radical (unpaired) electrons. The van der Waals surface area contributed by atoms with Crippen molar-refractivity contribution < 1.29 is 9.84 Å². The van der Waals surface area contributed by atoms with Gasteiger partial charge in [-0.25, -0.2) is 0 Å². The fraction of sp³-hybridized carbons (Fsp3) is 0.565. The first kappa shape index (κ1) is 23.6. The van der Waals surface area contributed by atoms with E-state index in [0.717, 1.165) is 5.57 Å². The molecule has 1 N–H and O–H groups in total. The van der Waals surface area contributed by atoms with Crippen LogP contribution in [0.1, 0.15) is 67.7 Å². The van der Waals surface area contributed by atoms with Crippen LogP contribution in [0.25, 0.3) is 0 Å². The summed E-state index contributed by atoms with van der Waals surface area (Å²) < 4.78 is 4.80. The predicted octanol–water partition coefficient (Wildman–Crippen LogP) is 6.51. The number of hydrogen-bond donors (Lipinski definition) is 1. The zero-order valence-corrected chi connectivity index (χ0v) is 17.5. The first-order valence-electron chi connectivity index (χ1n) is 9.39. The summed E-state index contributed by atoms with van der Waals surface area (Å²) in [6, 6.07) is 0. The Morgan fingerprint density at radius 3 is 2.36 bits per heavy atom. The molecule has 25 heavy (non-hydrogen) atoms. The summed E-state index contributed by atoms with van der Waals surface area (Å²) in [5, 5.41) is 9.38. The second kappa shape index (κ2) is 12.1. The Morgan fingerprint density at radius 1 is 1.16 bits per heavy atom. The highest BCUT2D eigenvalue weighted by molar-refractivity contribution is 5.37. The third kappa shape index (κ3) is 9.04. The lowest BCUT2D eigenvalue weighted by molar-refractivity contribution is -0.0360. The molecule has 0 heterocycles. The van der Waals surface area contributed by atoms with E-state index in [1.165, 1.54) is 43.1 Å². The maximum Gasteiger partial charge on any atom is 0.174 e. The van der Waals surface area contributed by atoms with Gasteiger partial charge >= 0.3 is 0 Å². The van der Waals surface area contributed by atoms with E-state index in [9.17, 15) is 5.11 Å². The third-order valence-electron chi connectivity index (χ3n) is 4.42. The van der Waals surface area contributed by atoms with Crippen LogP contribution in [0.5, 0.6) is 0 Å². The van der Waals surface area contributed by atoms with E-state index in [2.05, 4.69) is 45.9 Å². The van der Waals surface area contributed by atoms with E-state index >= 15 is 0 Å². The molecule has 2 heteroatoms. The third-order valence-corrected chi connectivity index (χ3v) is 4.42. The van der Waals surface area contributed by atoms with Gasteiger partial charge < -0.3 is 9.84 Å². The Morgan fingerprint density at radius 2 is 1.80 bits per heavy atom. The lowest BCUT2D eigenvalue weighted by Gasteiger charge is -2.32. The van der Waals surface area contributed by atoms with Crippen molar-refractivity contribution in [2.75, 3.05) is 7.11 Å². The number of allylic oxidation sites excluding steroid dienone is 9. The van der Waals surface area contributed by atoms with Crippen molar-refractivity contribution in [3.05, 3.63) is 58.7 Å². The molecular formula is C23H38O2. The average Bonchev–Trinajstić information content (AvgIpc) is 2.55. The molecule has 0 aromatic carbocycles. The fourth-order valence-corrected chi connectivity index (χ4v) is 2.98. The minimum atomic E-state index is -0.840. The lowest BCUT2D eigenvalue weighted by atomic mass is 9.72. The minimum absolute atomic E-state index is 0.282. The van der Waals surface area contributed by atoms with Crippen LogP contribution in [-0.2, 0) is 4.74 Å². The summed E-state index contributed by atoms with van der Waals surface area (Å²) in [5.41, 5.74) is 5.47. The largest absolute Gasteiger partial charge is 0.365 e. The number of ether oxygens (including phenoxy) is 1. The summed E-state index contributed by atoms with van der Waals surface area (Å²) in [6.45, 7) is 15.0. The van der Waals surface area contributed by atoms with Crippen LogP contribution in [0.2, 0.25) is 0 Å². The molecule has 1 atom stereocenters. The molecule has 1 aliphatic rings. The Balaban J connectivity index is 0.00000277. The standard InChI is InChI=1S/C21H32O2.C2H6/c1-16(9-7-10-17(2)15-20(22)23-6)12-13-19-18(3)11-8-14-21(19,4)5;1-2/h7,9-10,12-13,15,20,22H,8,11,14H2,1-6H3;1-2H3/b10-7+,13-12+,16-9+,17-15+;. The van der Waals surface area contributed by atoms with E-state index < -0.39 is 6.29 Å². The van der Waals surface area contributed by atoms with Crippen molar-refractivity contribution in [1.82, 2.24) is 0 Å². The van der Waals surface area contributed by atoms with Crippen LogP contribution in [0.3, 0.4) is 0 Å². The monoisotopic (exact) mass is 346 g/mol. The van der Waals surface area contributed by atoms with Gasteiger partial charge in [-0.3, -0.25) is 0 Å². The quantitative estimate of drug-likeness (QED) is 0.439. The molecule has 1 aliphatic carbocycles. The molecule has 1 rings (SSSR count). The topological polar surface area (TPSA) is 29.5 Å². The molecule has 0 saturated heterocycles. The van der Waals surface area contributed by atoms with Crippen molar-refractivity contribution in [2.45, 2.75) is 74.0 Å². The van der Waals surface area contributed by atoms with Gasteiger partial charge in [0.25, 0.3) is 0 Å². The molecule has 0 saturated carbocycles. The van der Waals surface area contributed by atoms with Gasteiger partial charge in [0, 0.05) is 7.11 Å². The summed E-state index contributed by atoms with van der Waals surface area (Å²) in [4.78, 5) is 0. The van der Waals surface area contributed by atoms with E-state index in [1.54, 1.807) is 6.08 Å². The molecule has 0 fully saturated rings. The van der Waals surface area contributed by atoms with Crippen LogP contribution in [0.4, 0.5) is 0 Å². The summed E-state index contributed by atoms with van der Waals surface area (Å²) >= 11 is 0. The molecular weight excluding hydrogens is 308 g/mol. The van der Waals surface area contributed by atoms with Crippen molar-refractivity contribution in [3.63, 3.8) is 0 Å². The van der Waals surface area contributed by atoms with Crippen molar-refractivity contribution >= 4 is 0 Å². The highest BCUT2D eigenvalue weighted by Gasteiger charge is 2.26. The second-order valence-corrected chi connectivity index (χ2v) is 7.07. The predicted molar refractivity (Wildman–Crippen MR) is 110 cm³/mol. The van der Waals surface area contributed by atoms with Gasteiger partial charge in [0.1, 0.15) is 0 Å². The van der Waals surface area contributed by atoms with Gasteiger partial charge in [0.05, 0.1) is 0 Å². The zero-order chi connectivity index (χ0) is 19.5. The van der Waals surface area contributed by atoms with Crippen LogP contribution in [-0.4, -0.2) is 18.5 Å². The molecule has 1 unspecified atom stereocenters. The Hall–Kier alpha value is -1.38. The normalized spacial score (nSPS) is 20.0. The van der Waals surface area contributed by atoms with E-state index in [-0.39, 0.29) is 5.41 Å². The van der Waals surface area contributed by atoms with Gasteiger partial charge in [-0.2, -0.15) is 0 Å². The van der Waals surface area contributed by atoms with Gasteiger partial charge in [-0.05, 0) is 57.1 Å². The van der Waals surface area contributed by atoms with Crippen LogP contribution >= 0.6 is 0 Å². The van der Waals surface area contributed by atoms with Crippen molar-refractivity contribution in [1.29, 1.82) is 0 Å². The summed E-state index contributed by atoms with van der Waals surface area (Å²) in [7, 11) is 1.48. The molecule has 142 valence electrons. The fourth-order valence-electron chi connectivity index (χ4n) is 2.98. The van der Waals surface area contributed by atoms with Crippen LogP contribution in [0.15, 0.2) is 58.7 Å². The number of rotatable bonds is 6. The Kier molecular flexibility index (Phi) is 11.4. The number of methoxy groups -OCH3 is 1. The van der Waals surface area contributed by atoms with E-state index in [1.807, 2.05) is 32.9 Å². The summed E-state index contributed by atoms with van der Waals surface area (Å²) in [6.07, 6.45) is 15.1. The SMILES string of the molecule is CC.COC(O)/C=C(C)/C=C/C=C(C)/C=C/C1=C(C)CCCC1(C)C. The smallest absolute Gasteiger partial charge is 0.174 e. The Labute approximate surface area is 155 Å². The molecule has 2 nitrogen and oxygen atoms in total. The van der Waals surface area contributed by atoms with Gasteiger partial charge in [0.15, 0.2) is 6.29 Å². The number of aliphatic hydroxyl groups is 1. The molecule has 0 amide bonds. The molecule has 0 aliphatic heterocycles. The highest BCUT2D eigenvalue weighted by Crippen LogP contribution is 2.40. The maximum atomic E-state index is 9.38. The first-order valence-corrected chi connectivity index (χ1v) is 9.39. The lowest BCUT2D eigenvalue weighted by Crippen LogP contribution is -2.19. The Bertz CT molecular complexity index is 542. The van der Waals surface area contributed by atoms with E-state index in [4.69, 9.17) is 4.74 Å². The van der Waals surface area contributed by atoms with E-state index in [0.29, 0.717) is 0 Å². The zero-order valence-electron chi connectivity index (χ0n) is 17.5. The van der Waals surface area contributed by atoms with Gasteiger partial charge in [0.2, 0.25) is 0 Å². The maximum absolute atomic E-state index is 9.38. The van der Waals surface area contributed by atoms with Gasteiger partial charge in [-0.1, -0.05) is 74.8 Å². The van der Waals surface area contributed by atoms with Crippen LogP contribution < -0.4 is 0 Å². The van der Waals surface area contributed by atoms with Crippen LogP contribution in [0, 0.1) is 5.41 Å². The molecule has 0 aromatic rings. The first-order chi connectivity index (χ1) is 11.8. The summed E-state index contributed by atoms with van der Waals surface area (Å²) in [5.74, 6) is 0. The number of hydrogen-bond acceptors (Lipinski definition) is 2. The number of aliphatic hydroxyl groups excluding tert-OH is 1. The highest BCUT2D eigenvalue weighted by atomic mass is 16.6. The molecule has 0 bridgehead atoms. The van der Waals surface area contributed by atoms with Gasteiger partial charge in [-0.15, -0.1) is 0 Å². The molecule has 0 spiro atoms. The van der Waals surface area contributed by atoms with Crippen molar-refractivity contribution in [3.8, 4) is 0 Å². The second-order valence-electron chi connectivity index (χ2n) is 7.07.